The van der Waals surface area contributed by atoms with E-state index in [9.17, 15) is 0 Å². The first kappa shape index (κ1) is 17.4. The van der Waals surface area contributed by atoms with Crippen LogP contribution in [0.2, 0.25) is 0 Å². The summed E-state index contributed by atoms with van der Waals surface area (Å²) in [5.41, 5.74) is 8.64. The Morgan fingerprint density at radius 2 is 1.96 bits per heavy atom. The summed E-state index contributed by atoms with van der Waals surface area (Å²) in [5, 5.41) is 3.31. The minimum absolute atomic E-state index is 0.254. The minimum atomic E-state index is 0.254. The predicted molar refractivity (Wildman–Crippen MR) is 109 cm³/mol. The topological polar surface area (TPSA) is 85.5 Å². The van der Waals surface area contributed by atoms with Gasteiger partial charge >= 0.3 is 0 Å². The molecular formula is C21H27N5O2. The van der Waals surface area contributed by atoms with Gasteiger partial charge in [0.25, 0.3) is 0 Å². The van der Waals surface area contributed by atoms with Crippen molar-refractivity contribution in [1.29, 1.82) is 0 Å². The van der Waals surface area contributed by atoms with Gasteiger partial charge in [-0.05, 0) is 42.2 Å². The Bertz CT molecular complexity index is 931. The molecule has 2 aromatic rings. The van der Waals surface area contributed by atoms with E-state index in [-0.39, 0.29) is 6.79 Å². The highest BCUT2D eigenvalue weighted by Gasteiger charge is 2.50. The van der Waals surface area contributed by atoms with Crippen molar-refractivity contribution in [3.63, 3.8) is 0 Å². The second-order valence-corrected chi connectivity index (χ2v) is 9.49. The lowest BCUT2D eigenvalue weighted by molar-refractivity contribution is 0.136. The number of nitrogen functional groups attached to an aromatic ring is 1. The van der Waals surface area contributed by atoms with E-state index in [0.717, 1.165) is 36.0 Å². The molecule has 2 atom stereocenters. The summed E-state index contributed by atoms with van der Waals surface area (Å²) in [6.45, 7) is 8.38. The van der Waals surface area contributed by atoms with Crippen molar-refractivity contribution in [3.05, 3.63) is 24.5 Å². The zero-order valence-corrected chi connectivity index (χ0v) is 16.7. The zero-order valence-electron chi connectivity index (χ0n) is 16.7. The molecule has 2 aliphatic heterocycles. The summed E-state index contributed by atoms with van der Waals surface area (Å²) in [6.07, 6.45) is 5.19. The molecule has 148 valence electrons. The lowest BCUT2D eigenvalue weighted by Crippen LogP contribution is -2.35. The number of anilines is 4. The standard InChI is InChI=1S/C21H27N5O2/c1-20(2)7-14-8-21(3,9-20)10-26(14)19-17(22)18(23-11-24-19)25-13-4-5-15-16(6-13)28-12-27-15/h4-6,11,14H,7-10,12,22H2,1-3H3,(H,23,24,25). The predicted octanol–water partition coefficient (Wildman–Crippen LogP) is 3.94. The van der Waals surface area contributed by atoms with Crippen LogP contribution in [0.5, 0.6) is 11.5 Å². The number of fused-ring (bicyclic) bond motifs is 3. The van der Waals surface area contributed by atoms with Gasteiger partial charge in [0.05, 0.1) is 0 Å². The van der Waals surface area contributed by atoms with Gasteiger partial charge in [-0.25, -0.2) is 9.97 Å². The van der Waals surface area contributed by atoms with Crippen molar-refractivity contribution in [2.45, 2.75) is 46.1 Å². The van der Waals surface area contributed by atoms with Crippen LogP contribution in [0.1, 0.15) is 40.0 Å². The molecular weight excluding hydrogens is 354 g/mol. The van der Waals surface area contributed by atoms with Crippen molar-refractivity contribution in [2.75, 3.05) is 29.3 Å². The smallest absolute Gasteiger partial charge is 0.231 e. The quantitative estimate of drug-likeness (QED) is 0.833. The molecule has 7 heteroatoms. The van der Waals surface area contributed by atoms with E-state index in [1.807, 2.05) is 18.2 Å². The number of hydrogen-bond acceptors (Lipinski definition) is 7. The van der Waals surface area contributed by atoms with Gasteiger partial charge in [-0.2, -0.15) is 0 Å². The molecule has 1 aromatic heterocycles. The fourth-order valence-corrected chi connectivity index (χ4v) is 5.53. The first-order valence-corrected chi connectivity index (χ1v) is 9.86. The largest absolute Gasteiger partial charge is 0.454 e. The van der Waals surface area contributed by atoms with Crippen LogP contribution in [-0.4, -0.2) is 29.3 Å². The average Bonchev–Trinajstić information content (AvgIpc) is 3.17. The molecule has 0 radical (unpaired) electrons. The summed E-state index contributed by atoms with van der Waals surface area (Å²) in [5.74, 6) is 2.93. The van der Waals surface area contributed by atoms with Gasteiger partial charge in [-0.15, -0.1) is 0 Å². The molecule has 2 unspecified atom stereocenters. The molecule has 0 spiro atoms. The molecule has 3 heterocycles. The monoisotopic (exact) mass is 381 g/mol. The fraction of sp³-hybridized carbons (Fsp3) is 0.524. The van der Waals surface area contributed by atoms with Crippen molar-refractivity contribution in [2.24, 2.45) is 10.8 Å². The summed E-state index contributed by atoms with van der Waals surface area (Å²) in [7, 11) is 0. The number of nitrogens with zero attached hydrogens (tertiary/aromatic N) is 3. The molecule has 5 rings (SSSR count). The first-order chi connectivity index (χ1) is 13.3. The van der Waals surface area contributed by atoms with Crippen LogP contribution in [0.4, 0.5) is 23.0 Å². The Morgan fingerprint density at radius 3 is 2.82 bits per heavy atom. The average molecular weight is 381 g/mol. The Balaban J connectivity index is 1.43. The SMILES string of the molecule is CC1(C)CC2CC(C)(CN2c2ncnc(Nc3ccc4c(c3)OCO4)c2N)C1. The highest BCUT2D eigenvalue weighted by Crippen LogP contribution is 2.54. The van der Waals surface area contributed by atoms with Crippen LogP contribution in [-0.2, 0) is 0 Å². The maximum Gasteiger partial charge on any atom is 0.231 e. The molecule has 28 heavy (non-hydrogen) atoms. The number of nitrogens with one attached hydrogen (secondary N) is 1. The van der Waals surface area contributed by atoms with Gasteiger partial charge in [0.1, 0.15) is 12.0 Å². The van der Waals surface area contributed by atoms with E-state index in [4.69, 9.17) is 15.2 Å². The van der Waals surface area contributed by atoms with Gasteiger partial charge in [0, 0.05) is 24.3 Å². The summed E-state index contributed by atoms with van der Waals surface area (Å²) in [4.78, 5) is 11.3. The van der Waals surface area contributed by atoms with Crippen molar-refractivity contribution in [1.82, 2.24) is 9.97 Å². The van der Waals surface area contributed by atoms with Gasteiger partial charge in [-0.1, -0.05) is 20.8 Å². The van der Waals surface area contributed by atoms with E-state index in [2.05, 4.69) is 41.0 Å². The third-order valence-corrected chi connectivity index (χ3v) is 6.19. The zero-order chi connectivity index (χ0) is 19.5. The third kappa shape index (κ3) is 2.89. The number of nitrogens with two attached hydrogens (primary N) is 1. The second-order valence-electron chi connectivity index (χ2n) is 9.49. The normalized spacial score (nSPS) is 27.1. The highest BCUT2D eigenvalue weighted by atomic mass is 16.7. The number of rotatable bonds is 3. The van der Waals surface area contributed by atoms with Crippen molar-refractivity contribution < 1.29 is 9.47 Å². The van der Waals surface area contributed by atoms with E-state index in [1.165, 1.54) is 12.8 Å². The van der Waals surface area contributed by atoms with Crippen LogP contribution in [0, 0.1) is 10.8 Å². The number of benzene rings is 1. The Kier molecular flexibility index (Phi) is 3.66. The van der Waals surface area contributed by atoms with Crippen molar-refractivity contribution in [3.8, 4) is 11.5 Å². The van der Waals surface area contributed by atoms with Gasteiger partial charge in [0.2, 0.25) is 6.79 Å². The number of ether oxygens (including phenoxy) is 2. The molecule has 2 fully saturated rings. The Morgan fingerprint density at radius 1 is 1.14 bits per heavy atom. The van der Waals surface area contributed by atoms with E-state index in [0.29, 0.717) is 28.4 Å². The third-order valence-electron chi connectivity index (χ3n) is 6.19. The van der Waals surface area contributed by atoms with Crippen LogP contribution >= 0.6 is 0 Å². The lowest BCUT2D eigenvalue weighted by Gasteiger charge is -2.39. The number of hydrogen-bond donors (Lipinski definition) is 2. The molecule has 3 N–H and O–H groups in total. The molecule has 3 aliphatic rings. The van der Waals surface area contributed by atoms with Gasteiger partial charge < -0.3 is 25.4 Å². The first-order valence-electron chi connectivity index (χ1n) is 9.86. The van der Waals surface area contributed by atoms with Gasteiger partial charge in [-0.3, -0.25) is 0 Å². The van der Waals surface area contributed by atoms with Crippen LogP contribution in [0.25, 0.3) is 0 Å². The molecule has 1 saturated heterocycles. The molecule has 1 aliphatic carbocycles. The molecule has 7 nitrogen and oxygen atoms in total. The maximum absolute atomic E-state index is 6.53. The second kappa shape index (κ2) is 5.90. The molecule has 0 amide bonds. The van der Waals surface area contributed by atoms with Gasteiger partial charge in [0.15, 0.2) is 23.1 Å². The Hall–Kier alpha value is -2.70. The number of aromatic nitrogens is 2. The molecule has 1 aromatic carbocycles. The maximum atomic E-state index is 6.53. The summed E-state index contributed by atoms with van der Waals surface area (Å²) in [6, 6.07) is 6.19. The van der Waals surface area contributed by atoms with Crippen LogP contribution < -0.4 is 25.4 Å². The summed E-state index contributed by atoms with van der Waals surface area (Å²) >= 11 is 0. The van der Waals surface area contributed by atoms with Crippen LogP contribution in [0.15, 0.2) is 24.5 Å². The van der Waals surface area contributed by atoms with Crippen molar-refractivity contribution >= 4 is 23.0 Å². The Labute approximate surface area is 165 Å². The molecule has 1 saturated carbocycles. The van der Waals surface area contributed by atoms with E-state index >= 15 is 0 Å². The summed E-state index contributed by atoms with van der Waals surface area (Å²) < 4.78 is 10.8. The molecule has 2 bridgehead atoms. The fourth-order valence-electron chi connectivity index (χ4n) is 5.53. The lowest BCUT2D eigenvalue weighted by atomic mass is 9.65. The van der Waals surface area contributed by atoms with Crippen LogP contribution in [0.3, 0.4) is 0 Å². The highest BCUT2D eigenvalue weighted by molar-refractivity contribution is 5.79. The van der Waals surface area contributed by atoms with E-state index < -0.39 is 0 Å². The minimum Gasteiger partial charge on any atom is -0.454 e. The van der Waals surface area contributed by atoms with E-state index in [1.54, 1.807) is 6.33 Å².